The molecule has 0 aliphatic heterocycles. The van der Waals surface area contributed by atoms with E-state index >= 15 is 0 Å². The second-order valence-corrected chi connectivity index (χ2v) is 4.83. The number of nitrogens with one attached hydrogen (secondary N) is 1. The van der Waals surface area contributed by atoms with Gasteiger partial charge in [-0.05, 0) is 38.8 Å². The highest BCUT2D eigenvalue weighted by atomic mass is 32.2. The van der Waals surface area contributed by atoms with E-state index in [1.54, 1.807) is 6.20 Å². The van der Waals surface area contributed by atoms with Gasteiger partial charge in [0.1, 0.15) is 5.75 Å². The van der Waals surface area contributed by atoms with Crippen molar-refractivity contribution in [3.8, 4) is 5.75 Å². The lowest BCUT2D eigenvalue weighted by molar-refractivity contribution is 0.241. The molecule has 90 valence electrons. The van der Waals surface area contributed by atoms with E-state index in [4.69, 9.17) is 4.74 Å². The molecule has 0 radical (unpaired) electrons. The summed E-state index contributed by atoms with van der Waals surface area (Å²) in [5.41, 5.74) is 1.18. The van der Waals surface area contributed by atoms with Crippen LogP contribution in [0.2, 0.25) is 0 Å². The number of ether oxygens (including phenoxy) is 1. The van der Waals surface area contributed by atoms with E-state index in [9.17, 15) is 0 Å². The minimum absolute atomic E-state index is 0.186. The van der Waals surface area contributed by atoms with Crippen molar-refractivity contribution < 1.29 is 4.74 Å². The predicted molar refractivity (Wildman–Crippen MR) is 70.2 cm³/mol. The lowest BCUT2D eigenvalue weighted by atomic mass is 10.1. The number of rotatable bonds is 6. The summed E-state index contributed by atoms with van der Waals surface area (Å²) in [5.74, 6) is 1.87. The molecule has 1 unspecified atom stereocenters. The highest BCUT2D eigenvalue weighted by molar-refractivity contribution is 7.98. The highest BCUT2D eigenvalue weighted by Crippen LogP contribution is 2.20. The molecule has 1 atom stereocenters. The van der Waals surface area contributed by atoms with Crippen LogP contribution in [0, 0.1) is 0 Å². The zero-order valence-electron chi connectivity index (χ0n) is 10.4. The van der Waals surface area contributed by atoms with Crippen LogP contribution in [0.25, 0.3) is 0 Å². The first-order valence-corrected chi connectivity index (χ1v) is 6.84. The van der Waals surface area contributed by atoms with Crippen molar-refractivity contribution in [2.24, 2.45) is 0 Å². The van der Waals surface area contributed by atoms with Crippen LogP contribution in [-0.2, 0) is 0 Å². The minimum Gasteiger partial charge on any atom is -0.489 e. The van der Waals surface area contributed by atoms with Gasteiger partial charge in [-0.25, -0.2) is 0 Å². The monoisotopic (exact) mass is 240 g/mol. The summed E-state index contributed by atoms with van der Waals surface area (Å²) in [7, 11) is 1.97. The van der Waals surface area contributed by atoms with E-state index in [1.165, 1.54) is 5.56 Å². The van der Waals surface area contributed by atoms with Crippen LogP contribution in [0.3, 0.4) is 0 Å². The van der Waals surface area contributed by atoms with Crippen molar-refractivity contribution in [1.82, 2.24) is 10.3 Å². The summed E-state index contributed by atoms with van der Waals surface area (Å²) < 4.78 is 5.63. The Bertz CT molecular complexity index is 318. The number of hydrogen-bond acceptors (Lipinski definition) is 4. The van der Waals surface area contributed by atoms with E-state index in [0.29, 0.717) is 6.04 Å². The SMILES string of the molecule is CNC(CSC)c1cncc(OC(C)C)c1. The van der Waals surface area contributed by atoms with E-state index in [0.717, 1.165) is 11.5 Å². The summed E-state index contributed by atoms with van der Waals surface area (Å²) in [6.07, 6.45) is 5.94. The molecule has 3 nitrogen and oxygen atoms in total. The van der Waals surface area contributed by atoms with Gasteiger partial charge in [-0.2, -0.15) is 11.8 Å². The molecule has 1 aromatic rings. The van der Waals surface area contributed by atoms with Gasteiger partial charge in [0, 0.05) is 18.0 Å². The van der Waals surface area contributed by atoms with Gasteiger partial charge in [-0.3, -0.25) is 4.98 Å². The van der Waals surface area contributed by atoms with Gasteiger partial charge in [0.15, 0.2) is 0 Å². The van der Waals surface area contributed by atoms with Gasteiger partial charge < -0.3 is 10.1 Å². The molecule has 16 heavy (non-hydrogen) atoms. The second-order valence-electron chi connectivity index (χ2n) is 3.92. The van der Waals surface area contributed by atoms with Gasteiger partial charge >= 0.3 is 0 Å². The van der Waals surface area contributed by atoms with Crippen molar-refractivity contribution >= 4 is 11.8 Å². The molecule has 0 aliphatic carbocycles. The van der Waals surface area contributed by atoms with Crippen molar-refractivity contribution in [2.75, 3.05) is 19.1 Å². The third-order valence-electron chi connectivity index (χ3n) is 2.19. The van der Waals surface area contributed by atoms with Gasteiger partial charge in [-0.15, -0.1) is 0 Å². The molecular formula is C12H20N2OS. The summed E-state index contributed by atoms with van der Waals surface area (Å²) in [4.78, 5) is 4.21. The number of pyridine rings is 1. The average Bonchev–Trinajstić information content (AvgIpc) is 2.25. The van der Waals surface area contributed by atoms with Crippen LogP contribution in [0.15, 0.2) is 18.5 Å². The van der Waals surface area contributed by atoms with Crippen molar-refractivity contribution in [2.45, 2.75) is 26.0 Å². The van der Waals surface area contributed by atoms with Crippen LogP contribution in [0.5, 0.6) is 5.75 Å². The van der Waals surface area contributed by atoms with Crippen LogP contribution < -0.4 is 10.1 Å². The molecule has 0 saturated carbocycles. The Hall–Kier alpha value is -0.740. The van der Waals surface area contributed by atoms with Crippen molar-refractivity contribution in [3.05, 3.63) is 24.0 Å². The van der Waals surface area contributed by atoms with Gasteiger partial charge in [0.25, 0.3) is 0 Å². The minimum atomic E-state index is 0.186. The first-order chi connectivity index (χ1) is 7.67. The highest BCUT2D eigenvalue weighted by Gasteiger charge is 2.10. The van der Waals surface area contributed by atoms with E-state index in [-0.39, 0.29) is 6.10 Å². The summed E-state index contributed by atoms with van der Waals surface area (Å²) in [6.45, 7) is 4.04. The molecule has 0 bridgehead atoms. The Kier molecular flexibility index (Phi) is 5.63. The zero-order chi connectivity index (χ0) is 12.0. The smallest absolute Gasteiger partial charge is 0.138 e. The number of aromatic nitrogens is 1. The molecule has 0 saturated heterocycles. The molecule has 1 heterocycles. The molecule has 1 N–H and O–H groups in total. The Labute approximate surface area is 102 Å². The number of thioether (sulfide) groups is 1. The average molecular weight is 240 g/mol. The summed E-state index contributed by atoms with van der Waals surface area (Å²) >= 11 is 1.82. The first kappa shape index (κ1) is 13.3. The van der Waals surface area contributed by atoms with E-state index in [1.807, 2.05) is 38.9 Å². The van der Waals surface area contributed by atoms with Gasteiger partial charge in [0.05, 0.1) is 12.3 Å². The molecule has 0 aromatic carbocycles. The number of nitrogens with zero attached hydrogens (tertiary/aromatic N) is 1. The maximum absolute atomic E-state index is 5.63. The summed E-state index contributed by atoms with van der Waals surface area (Å²) in [6, 6.07) is 2.39. The molecule has 0 fully saturated rings. The quantitative estimate of drug-likeness (QED) is 0.828. The third kappa shape index (κ3) is 4.02. The molecule has 1 aromatic heterocycles. The van der Waals surface area contributed by atoms with Crippen LogP contribution >= 0.6 is 11.8 Å². The van der Waals surface area contributed by atoms with Gasteiger partial charge in [0.2, 0.25) is 0 Å². The van der Waals surface area contributed by atoms with E-state index < -0.39 is 0 Å². The molecule has 0 aliphatic rings. The Morgan fingerprint density at radius 1 is 1.44 bits per heavy atom. The molecule has 0 spiro atoms. The largest absolute Gasteiger partial charge is 0.489 e. The Morgan fingerprint density at radius 2 is 2.19 bits per heavy atom. The summed E-state index contributed by atoms with van der Waals surface area (Å²) in [5, 5.41) is 3.28. The Morgan fingerprint density at radius 3 is 2.75 bits per heavy atom. The fourth-order valence-electron chi connectivity index (χ4n) is 1.48. The van der Waals surface area contributed by atoms with Gasteiger partial charge in [-0.1, -0.05) is 0 Å². The topological polar surface area (TPSA) is 34.2 Å². The molecule has 4 heteroatoms. The molecule has 0 amide bonds. The number of hydrogen-bond donors (Lipinski definition) is 1. The third-order valence-corrected chi connectivity index (χ3v) is 2.86. The Balaban J connectivity index is 2.79. The second kappa shape index (κ2) is 6.76. The van der Waals surface area contributed by atoms with Crippen LogP contribution in [0.1, 0.15) is 25.5 Å². The molecular weight excluding hydrogens is 220 g/mol. The fraction of sp³-hybridized carbons (Fsp3) is 0.583. The van der Waals surface area contributed by atoms with Crippen molar-refractivity contribution in [1.29, 1.82) is 0 Å². The van der Waals surface area contributed by atoms with Crippen LogP contribution in [0.4, 0.5) is 0 Å². The molecule has 1 rings (SSSR count). The maximum atomic E-state index is 5.63. The lowest BCUT2D eigenvalue weighted by Gasteiger charge is -2.16. The van der Waals surface area contributed by atoms with Crippen LogP contribution in [-0.4, -0.2) is 30.1 Å². The van der Waals surface area contributed by atoms with Crippen molar-refractivity contribution in [3.63, 3.8) is 0 Å². The standard InChI is InChI=1S/C12H20N2OS/c1-9(2)15-11-5-10(6-14-7-11)12(13-3)8-16-4/h5-7,9,12-13H,8H2,1-4H3. The lowest BCUT2D eigenvalue weighted by Crippen LogP contribution is -2.19. The fourth-order valence-corrected chi connectivity index (χ4v) is 2.17. The van der Waals surface area contributed by atoms with E-state index in [2.05, 4.69) is 22.6 Å². The zero-order valence-corrected chi connectivity index (χ0v) is 11.2. The first-order valence-electron chi connectivity index (χ1n) is 5.45. The normalized spacial score (nSPS) is 12.8. The maximum Gasteiger partial charge on any atom is 0.138 e. The predicted octanol–water partition coefficient (Wildman–Crippen LogP) is 2.49.